The lowest BCUT2D eigenvalue weighted by atomic mass is 10.1. The maximum atomic E-state index is 12.7. The Labute approximate surface area is 185 Å². The number of piperazine rings is 1. The fraction of sp³-hybridized carbons (Fsp3) is 0.348. The topological polar surface area (TPSA) is 74.8 Å². The van der Waals surface area contributed by atoms with Crippen LogP contribution in [0.1, 0.15) is 19.4 Å². The third kappa shape index (κ3) is 5.32. The molecule has 1 saturated heterocycles. The summed E-state index contributed by atoms with van der Waals surface area (Å²) in [6, 6.07) is 15.9. The number of carbonyl (C=O) groups is 2. The average Bonchev–Trinajstić information content (AvgIpc) is 3.17. The van der Waals surface area contributed by atoms with Gasteiger partial charge in [-0.05, 0) is 43.7 Å². The molecule has 0 atom stereocenters. The van der Waals surface area contributed by atoms with Crippen molar-refractivity contribution in [3.8, 4) is 0 Å². The molecule has 4 rings (SSSR count). The summed E-state index contributed by atoms with van der Waals surface area (Å²) in [5.74, 6) is 0.0729. The number of fused-ring (bicyclic) bond motifs is 1. The van der Waals surface area contributed by atoms with E-state index >= 15 is 0 Å². The van der Waals surface area contributed by atoms with Gasteiger partial charge in [-0.1, -0.05) is 35.6 Å². The average molecular weight is 439 g/mol. The molecule has 31 heavy (non-hydrogen) atoms. The fourth-order valence-corrected chi connectivity index (χ4v) is 4.34. The number of benzene rings is 2. The van der Waals surface area contributed by atoms with Crippen molar-refractivity contribution in [3.05, 3.63) is 54.1 Å². The number of nitrogens with one attached hydrogen (secondary N) is 1. The van der Waals surface area contributed by atoms with Gasteiger partial charge in [0.05, 0.1) is 22.7 Å². The predicted molar refractivity (Wildman–Crippen MR) is 123 cm³/mol. The van der Waals surface area contributed by atoms with E-state index < -0.39 is 0 Å². The van der Waals surface area contributed by atoms with Crippen molar-refractivity contribution in [2.45, 2.75) is 26.4 Å². The highest BCUT2D eigenvalue weighted by Crippen LogP contribution is 2.28. The van der Waals surface area contributed by atoms with Crippen molar-refractivity contribution in [1.29, 1.82) is 0 Å². The number of aromatic nitrogens is 1. The third-order valence-corrected chi connectivity index (χ3v) is 6.03. The fourth-order valence-electron chi connectivity index (χ4n) is 3.46. The van der Waals surface area contributed by atoms with Crippen LogP contribution >= 0.6 is 11.3 Å². The number of carbonyl (C=O) groups excluding carboxylic acids is 2. The van der Waals surface area contributed by atoms with Crippen LogP contribution in [0.3, 0.4) is 0 Å². The van der Waals surface area contributed by atoms with E-state index in [1.54, 1.807) is 16.2 Å². The van der Waals surface area contributed by atoms with Crippen LogP contribution in [0.15, 0.2) is 48.5 Å². The van der Waals surface area contributed by atoms with E-state index in [9.17, 15) is 9.59 Å². The largest absolute Gasteiger partial charge is 0.447 e. The highest BCUT2D eigenvalue weighted by molar-refractivity contribution is 7.22. The zero-order valence-electron chi connectivity index (χ0n) is 17.7. The van der Waals surface area contributed by atoms with Gasteiger partial charge in [-0.3, -0.25) is 4.79 Å². The van der Waals surface area contributed by atoms with Crippen LogP contribution in [0.2, 0.25) is 0 Å². The third-order valence-electron chi connectivity index (χ3n) is 5.08. The minimum atomic E-state index is -0.307. The van der Waals surface area contributed by atoms with Gasteiger partial charge >= 0.3 is 6.09 Å². The minimum Gasteiger partial charge on any atom is -0.447 e. The first kappa shape index (κ1) is 21.1. The molecule has 0 saturated carbocycles. The monoisotopic (exact) mass is 438 g/mol. The normalized spacial score (nSPS) is 14.2. The van der Waals surface area contributed by atoms with Crippen molar-refractivity contribution >= 4 is 44.4 Å². The molecule has 1 aliphatic rings. The van der Waals surface area contributed by atoms with E-state index in [2.05, 4.69) is 16.4 Å². The lowest BCUT2D eigenvalue weighted by Gasteiger charge is -2.34. The van der Waals surface area contributed by atoms with Gasteiger partial charge in [0.25, 0.3) is 0 Å². The molecule has 0 bridgehead atoms. The molecule has 0 radical (unpaired) electrons. The molecule has 8 heteroatoms. The number of anilines is 2. The standard InChI is InChI=1S/C23H26N4O3S/c1-16(2)30-23(29)27-13-11-26(12-14-27)21(28)15-17-7-9-18(10-8-17)24-22-25-19-5-3-4-6-20(19)31-22/h3-10,16H,11-15H2,1-2H3,(H,24,25). The highest BCUT2D eigenvalue weighted by atomic mass is 32.1. The molecule has 2 heterocycles. The first-order valence-corrected chi connectivity index (χ1v) is 11.2. The maximum absolute atomic E-state index is 12.7. The van der Waals surface area contributed by atoms with Gasteiger partial charge in [0, 0.05) is 31.9 Å². The second-order valence-corrected chi connectivity index (χ2v) is 8.82. The van der Waals surface area contributed by atoms with Gasteiger partial charge in [0.2, 0.25) is 5.91 Å². The Balaban J connectivity index is 1.29. The van der Waals surface area contributed by atoms with E-state index in [0.29, 0.717) is 32.6 Å². The van der Waals surface area contributed by atoms with Crippen molar-refractivity contribution in [2.24, 2.45) is 0 Å². The number of thiazole rings is 1. The molecular formula is C23H26N4O3S. The number of amides is 2. The number of hydrogen-bond donors (Lipinski definition) is 1. The van der Waals surface area contributed by atoms with E-state index in [1.807, 2.05) is 61.2 Å². The molecule has 1 aromatic heterocycles. The van der Waals surface area contributed by atoms with Crippen LogP contribution in [0, 0.1) is 0 Å². The zero-order valence-corrected chi connectivity index (χ0v) is 18.5. The Morgan fingerprint density at radius 1 is 1.03 bits per heavy atom. The van der Waals surface area contributed by atoms with E-state index in [-0.39, 0.29) is 18.1 Å². The van der Waals surface area contributed by atoms with Gasteiger partial charge in [-0.15, -0.1) is 0 Å². The predicted octanol–water partition coefficient (Wildman–Crippen LogP) is 4.27. The smallest absolute Gasteiger partial charge is 0.410 e. The molecule has 2 aromatic carbocycles. The summed E-state index contributed by atoms with van der Waals surface area (Å²) in [5.41, 5.74) is 2.88. The van der Waals surface area contributed by atoms with Crippen molar-refractivity contribution in [3.63, 3.8) is 0 Å². The summed E-state index contributed by atoms with van der Waals surface area (Å²) in [5, 5.41) is 4.18. The highest BCUT2D eigenvalue weighted by Gasteiger charge is 2.25. The Bertz CT molecular complexity index is 1020. The molecule has 1 fully saturated rings. The van der Waals surface area contributed by atoms with Crippen LogP contribution in [0.25, 0.3) is 10.2 Å². The van der Waals surface area contributed by atoms with Gasteiger partial charge < -0.3 is 19.9 Å². The Morgan fingerprint density at radius 2 is 1.71 bits per heavy atom. The van der Waals surface area contributed by atoms with Gasteiger partial charge in [-0.2, -0.15) is 0 Å². The first-order chi connectivity index (χ1) is 15.0. The zero-order chi connectivity index (χ0) is 21.8. The summed E-state index contributed by atoms with van der Waals surface area (Å²) >= 11 is 1.61. The lowest BCUT2D eigenvalue weighted by Crippen LogP contribution is -2.51. The van der Waals surface area contributed by atoms with Crippen LogP contribution < -0.4 is 5.32 Å². The molecule has 162 valence electrons. The minimum absolute atomic E-state index is 0.0729. The second kappa shape index (κ2) is 9.34. The number of para-hydroxylation sites is 1. The van der Waals surface area contributed by atoms with Gasteiger partial charge in [-0.25, -0.2) is 9.78 Å². The van der Waals surface area contributed by atoms with Gasteiger partial charge in [0.1, 0.15) is 0 Å². The van der Waals surface area contributed by atoms with E-state index in [0.717, 1.165) is 26.6 Å². The van der Waals surface area contributed by atoms with Crippen LogP contribution in [-0.2, 0) is 16.0 Å². The SMILES string of the molecule is CC(C)OC(=O)N1CCN(C(=O)Cc2ccc(Nc3nc4ccccc4s3)cc2)CC1. The quantitative estimate of drug-likeness (QED) is 0.644. The number of hydrogen-bond acceptors (Lipinski definition) is 6. The molecule has 0 unspecified atom stereocenters. The summed E-state index contributed by atoms with van der Waals surface area (Å²) in [7, 11) is 0. The lowest BCUT2D eigenvalue weighted by molar-refractivity contribution is -0.132. The van der Waals surface area contributed by atoms with Crippen LogP contribution in [-0.4, -0.2) is 59.1 Å². The molecule has 0 spiro atoms. The first-order valence-electron chi connectivity index (χ1n) is 10.4. The van der Waals surface area contributed by atoms with Gasteiger partial charge in [0.15, 0.2) is 5.13 Å². The maximum Gasteiger partial charge on any atom is 0.410 e. The molecule has 3 aromatic rings. The second-order valence-electron chi connectivity index (χ2n) is 7.79. The molecule has 0 aliphatic carbocycles. The Hall–Kier alpha value is -3.13. The van der Waals surface area contributed by atoms with E-state index in [1.165, 1.54) is 0 Å². The molecular weight excluding hydrogens is 412 g/mol. The summed E-state index contributed by atoms with van der Waals surface area (Å²) in [6.07, 6.45) is -0.102. The molecule has 1 aliphatic heterocycles. The molecule has 7 nitrogen and oxygen atoms in total. The van der Waals surface area contributed by atoms with E-state index in [4.69, 9.17) is 4.74 Å². The van der Waals surface area contributed by atoms with Crippen LogP contribution in [0.5, 0.6) is 0 Å². The summed E-state index contributed by atoms with van der Waals surface area (Å²) < 4.78 is 6.37. The number of nitrogens with zero attached hydrogens (tertiary/aromatic N) is 3. The Kier molecular flexibility index (Phi) is 6.36. The Morgan fingerprint density at radius 3 is 2.39 bits per heavy atom. The van der Waals surface area contributed by atoms with Crippen molar-refractivity contribution in [2.75, 3.05) is 31.5 Å². The molecule has 2 amide bonds. The van der Waals surface area contributed by atoms with Crippen LogP contribution in [0.4, 0.5) is 15.6 Å². The number of ether oxygens (including phenoxy) is 1. The number of rotatable bonds is 5. The molecule has 1 N–H and O–H groups in total. The van der Waals surface area contributed by atoms with Crippen molar-refractivity contribution in [1.82, 2.24) is 14.8 Å². The van der Waals surface area contributed by atoms with Crippen molar-refractivity contribution < 1.29 is 14.3 Å². The summed E-state index contributed by atoms with van der Waals surface area (Å²) in [4.78, 5) is 32.7. The summed E-state index contributed by atoms with van der Waals surface area (Å²) in [6.45, 7) is 5.73.